The molecule has 1 amide bonds. The predicted molar refractivity (Wildman–Crippen MR) is 72.1 cm³/mol. The van der Waals surface area contributed by atoms with Crippen molar-refractivity contribution in [3.8, 4) is 0 Å². The number of carbonyl (C=O) groups is 1. The SMILES string of the molecule is CCCCN(CCCC)C(=O)c1ccc(Br)o1. The van der Waals surface area contributed by atoms with E-state index < -0.39 is 0 Å². The van der Waals surface area contributed by atoms with Gasteiger partial charge in [-0.2, -0.15) is 0 Å². The van der Waals surface area contributed by atoms with Crippen LogP contribution in [0.1, 0.15) is 50.1 Å². The van der Waals surface area contributed by atoms with Crippen molar-refractivity contribution in [2.45, 2.75) is 39.5 Å². The number of carbonyl (C=O) groups excluding carboxylic acids is 1. The van der Waals surface area contributed by atoms with Crippen LogP contribution in [-0.4, -0.2) is 23.9 Å². The van der Waals surface area contributed by atoms with E-state index in [0.717, 1.165) is 38.8 Å². The molecule has 0 saturated carbocycles. The second-order valence-corrected chi connectivity index (χ2v) is 4.88. The lowest BCUT2D eigenvalue weighted by atomic mass is 10.2. The molecule has 0 bridgehead atoms. The third-order valence-electron chi connectivity index (χ3n) is 2.63. The van der Waals surface area contributed by atoms with E-state index >= 15 is 0 Å². The third kappa shape index (κ3) is 4.54. The van der Waals surface area contributed by atoms with E-state index in [0.29, 0.717) is 10.4 Å². The Morgan fingerprint density at radius 2 is 1.82 bits per heavy atom. The van der Waals surface area contributed by atoms with Crippen molar-refractivity contribution < 1.29 is 9.21 Å². The van der Waals surface area contributed by atoms with Crippen LogP contribution < -0.4 is 0 Å². The van der Waals surface area contributed by atoms with Crippen LogP contribution in [0.3, 0.4) is 0 Å². The van der Waals surface area contributed by atoms with E-state index in [9.17, 15) is 4.79 Å². The van der Waals surface area contributed by atoms with E-state index in [-0.39, 0.29) is 5.91 Å². The Balaban J connectivity index is 2.64. The largest absolute Gasteiger partial charge is 0.444 e. The number of unbranched alkanes of at least 4 members (excludes halogenated alkanes) is 2. The molecule has 0 unspecified atom stereocenters. The Bertz CT molecular complexity index is 341. The fourth-order valence-corrected chi connectivity index (χ4v) is 1.90. The zero-order valence-electron chi connectivity index (χ0n) is 10.5. The molecule has 96 valence electrons. The quantitative estimate of drug-likeness (QED) is 0.760. The molecule has 0 radical (unpaired) electrons. The first-order valence-corrected chi connectivity index (χ1v) is 7.03. The number of nitrogens with zero attached hydrogens (tertiary/aromatic N) is 1. The number of furan rings is 1. The summed E-state index contributed by atoms with van der Waals surface area (Å²) in [6.07, 6.45) is 4.27. The van der Waals surface area contributed by atoms with Crippen LogP contribution in [0, 0.1) is 0 Å². The first kappa shape index (κ1) is 14.3. The Kier molecular flexibility index (Phi) is 6.34. The zero-order valence-corrected chi connectivity index (χ0v) is 12.1. The van der Waals surface area contributed by atoms with Crippen molar-refractivity contribution in [1.82, 2.24) is 4.90 Å². The van der Waals surface area contributed by atoms with Gasteiger partial charge in [0.05, 0.1) is 0 Å². The van der Waals surface area contributed by atoms with Crippen molar-refractivity contribution in [1.29, 1.82) is 0 Å². The molecule has 0 fully saturated rings. The topological polar surface area (TPSA) is 33.5 Å². The molecule has 1 aromatic rings. The molecule has 0 aliphatic heterocycles. The highest BCUT2D eigenvalue weighted by molar-refractivity contribution is 9.10. The lowest BCUT2D eigenvalue weighted by molar-refractivity contribution is 0.0717. The number of halogens is 1. The number of hydrogen-bond acceptors (Lipinski definition) is 2. The van der Waals surface area contributed by atoms with Crippen molar-refractivity contribution >= 4 is 21.8 Å². The fourth-order valence-electron chi connectivity index (χ4n) is 1.60. The second kappa shape index (κ2) is 7.54. The zero-order chi connectivity index (χ0) is 12.7. The smallest absolute Gasteiger partial charge is 0.289 e. The van der Waals surface area contributed by atoms with Gasteiger partial charge in [0, 0.05) is 13.1 Å². The van der Waals surface area contributed by atoms with E-state index in [1.807, 2.05) is 4.90 Å². The summed E-state index contributed by atoms with van der Waals surface area (Å²) in [6, 6.07) is 3.47. The van der Waals surface area contributed by atoms with Crippen molar-refractivity contribution in [2.75, 3.05) is 13.1 Å². The van der Waals surface area contributed by atoms with Gasteiger partial charge in [0.15, 0.2) is 10.4 Å². The molecule has 3 nitrogen and oxygen atoms in total. The fraction of sp³-hybridized carbons (Fsp3) is 0.615. The summed E-state index contributed by atoms with van der Waals surface area (Å²) in [5.74, 6) is 0.418. The molecule has 0 N–H and O–H groups in total. The van der Waals surface area contributed by atoms with E-state index in [2.05, 4.69) is 29.8 Å². The lowest BCUT2D eigenvalue weighted by Gasteiger charge is -2.21. The Labute approximate surface area is 111 Å². The van der Waals surface area contributed by atoms with Crippen LogP contribution in [-0.2, 0) is 0 Å². The van der Waals surface area contributed by atoms with Gasteiger partial charge in [0.2, 0.25) is 0 Å². The van der Waals surface area contributed by atoms with Crippen molar-refractivity contribution in [3.05, 3.63) is 22.6 Å². The maximum atomic E-state index is 12.2. The third-order valence-corrected chi connectivity index (χ3v) is 3.06. The number of rotatable bonds is 7. The van der Waals surface area contributed by atoms with Crippen LogP contribution >= 0.6 is 15.9 Å². The normalized spacial score (nSPS) is 10.5. The summed E-state index contributed by atoms with van der Waals surface area (Å²) in [7, 11) is 0. The monoisotopic (exact) mass is 301 g/mol. The van der Waals surface area contributed by atoms with Gasteiger partial charge in [-0.1, -0.05) is 26.7 Å². The Morgan fingerprint density at radius 3 is 2.24 bits per heavy atom. The van der Waals surface area contributed by atoms with Crippen LogP contribution in [0.15, 0.2) is 21.2 Å². The minimum absolute atomic E-state index is 0.00222. The van der Waals surface area contributed by atoms with Crippen LogP contribution in [0.2, 0.25) is 0 Å². The highest BCUT2D eigenvalue weighted by Crippen LogP contribution is 2.16. The van der Waals surface area contributed by atoms with Crippen molar-refractivity contribution in [3.63, 3.8) is 0 Å². The molecule has 4 heteroatoms. The number of hydrogen-bond donors (Lipinski definition) is 0. The second-order valence-electron chi connectivity index (χ2n) is 4.10. The molecule has 0 saturated heterocycles. The average molecular weight is 302 g/mol. The van der Waals surface area contributed by atoms with Gasteiger partial charge in [0.25, 0.3) is 5.91 Å². The molecule has 17 heavy (non-hydrogen) atoms. The molecule has 0 aromatic carbocycles. The minimum Gasteiger partial charge on any atom is -0.444 e. The predicted octanol–water partition coefficient (Wildman–Crippen LogP) is 4.08. The summed E-state index contributed by atoms with van der Waals surface area (Å²) in [5, 5.41) is 0. The summed E-state index contributed by atoms with van der Waals surface area (Å²) < 4.78 is 5.92. The Hall–Kier alpha value is -0.770. The molecule has 1 rings (SSSR count). The molecule has 0 aliphatic rings. The average Bonchev–Trinajstić information content (AvgIpc) is 2.75. The number of amides is 1. The van der Waals surface area contributed by atoms with E-state index in [1.54, 1.807) is 12.1 Å². The van der Waals surface area contributed by atoms with E-state index in [1.165, 1.54) is 0 Å². The summed E-state index contributed by atoms with van der Waals surface area (Å²) in [4.78, 5) is 14.1. The molecule has 1 aromatic heterocycles. The van der Waals surface area contributed by atoms with Gasteiger partial charge in [0.1, 0.15) is 0 Å². The molecule has 0 spiro atoms. The van der Waals surface area contributed by atoms with Crippen LogP contribution in [0.4, 0.5) is 0 Å². The van der Waals surface area contributed by atoms with Gasteiger partial charge in [-0.3, -0.25) is 4.79 Å². The molecule has 0 atom stereocenters. The van der Waals surface area contributed by atoms with Gasteiger partial charge < -0.3 is 9.32 Å². The minimum atomic E-state index is -0.00222. The van der Waals surface area contributed by atoms with Crippen molar-refractivity contribution in [2.24, 2.45) is 0 Å². The van der Waals surface area contributed by atoms with Gasteiger partial charge in [-0.05, 0) is 40.9 Å². The van der Waals surface area contributed by atoms with Gasteiger partial charge in [-0.25, -0.2) is 0 Å². The first-order chi connectivity index (χ1) is 8.19. The highest BCUT2D eigenvalue weighted by atomic mass is 79.9. The van der Waals surface area contributed by atoms with E-state index in [4.69, 9.17) is 4.42 Å². The standard InChI is InChI=1S/C13H20BrNO2/c1-3-5-9-15(10-6-4-2)13(16)11-7-8-12(14)17-11/h7-8H,3-6,9-10H2,1-2H3. The molecular formula is C13H20BrNO2. The first-order valence-electron chi connectivity index (χ1n) is 6.23. The molecule has 1 heterocycles. The summed E-state index contributed by atoms with van der Waals surface area (Å²) in [5.41, 5.74) is 0. The van der Waals surface area contributed by atoms with Gasteiger partial charge >= 0.3 is 0 Å². The maximum Gasteiger partial charge on any atom is 0.289 e. The summed E-state index contributed by atoms with van der Waals surface area (Å²) in [6.45, 7) is 5.89. The maximum absolute atomic E-state index is 12.2. The molecule has 0 aliphatic carbocycles. The molecular weight excluding hydrogens is 282 g/mol. The Morgan fingerprint density at radius 1 is 1.24 bits per heavy atom. The van der Waals surface area contributed by atoms with Gasteiger partial charge in [-0.15, -0.1) is 0 Å². The van der Waals surface area contributed by atoms with Crippen LogP contribution in [0.5, 0.6) is 0 Å². The summed E-state index contributed by atoms with van der Waals surface area (Å²) >= 11 is 3.22. The highest BCUT2D eigenvalue weighted by Gasteiger charge is 2.17. The van der Waals surface area contributed by atoms with Crippen LogP contribution in [0.25, 0.3) is 0 Å². The lowest BCUT2D eigenvalue weighted by Crippen LogP contribution is -2.32.